The van der Waals surface area contributed by atoms with Gasteiger partial charge in [0.1, 0.15) is 30.5 Å². The standard InChI is InChI=1S/C25H29Cl2N3O4/c1-31-21-10-17(16-6-8-28-9-7-16)4-5-20(21)30-13-18(12-29-15-30)34-14-19-24(26)22(32-2)11-23(33-3)25(19)27/h4-5,10-13,16,28H,6-9,14-15H2,1-3H3. The van der Waals surface area contributed by atoms with E-state index in [1.807, 2.05) is 11.1 Å². The Morgan fingerprint density at radius 2 is 1.65 bits per heavy atom. The summed E-state index contributed by atoms with van der Waals surface area (Å²) in [4.78, 5) is 6.45. The molecule has 0 aromatic heterocycles. The zero-order chi connectivity index (χ0) is 24.1. The van der Waals surface area contributed by atoms with Crippen molar-refractivity contribution in [2.24, 2.45) is 4.99 Å². The number of hydrogen-bond donors (Lipinski definition) is 1. The summed E-state index contributed by atoms with van der Waals surface area (Å²) in [7, 11) is 4.77. The maximum atomic E-state index is 6.47. The third-order valence-corrected chi connectivity index (χ3v) is 6.94. The van der Waals surface area contributed by atoms with E-state index in [2.05, 4.69) is 28.5 Å². The summed E-state index contributed by atoms with van der Waals surface area (Å²) in [5.41, 5.74) is 2.81. The molecule has 1 N–H and O–H groups in total. The molecule has 2 aliphatic rings. The van der Waals surface area contributed by atoms with Crippen LogP contribution in [0.25, 0.3) is 0 Å². The van der Waals surface area contributed by atoms with E-state index in [9.17, 15) is 0 Å². The molecule has 0 saturated carbocycles. The molecule has 0 atom stereocenters. The van der Waals surface area contributed by atoms with Crippen LogP contribution in [0, 0.1) is 0 Å². The minimum absolute atomic E-state index is 0.128. The molecule has 2 aromatic rings. The number of nitrogens with zero attached hydrogens (tertiary/aromatic N) is 2. The number of benzene rings is 2. The van der Waals surface area contributed by atoms with Crippen molar-refractivity contribution >= 4 is 35.1 Å². The quantitative estimate of drug-likeness (QED) is 0.518. The summed E-state index contributed by atoms with van der Waals surface area (Å²) in [6, 6.07) is 8.06. The smallest absolute Gasteiger partial charge is 0.153 e. The highest BCUT2D eigenvalue weighted by Crippen LogP contribution is 2.41. The molecule has 0 unspecified atom stereocenters. The Labute approximate surface area is 210 Å². The van der Waals surface area contributed by atoms with Crippen molar-refractivity contribution in [3.8, 4) is 17.2 Å². The molecule has 182 valence electrons. The summed E-state index contributed by atoms with van der Waals surface area (Å²) in [5, 5.41) is 4.18. The van der Waals surface area contributed by atoms with Crippen molar-refractivity contribution in [1.82, 2.24) is 5.32 Å². The normalized spacial score (nSPS) is 16.3. The first kappa shape index (κ1) is 24.5. The highest BCUT2D eigenvalue weighted by Gasteiger charge is 2.21. The zero-order valence-electron chi connectivity index (χ0n) is 19.6. The van der Waals surface area contributed by atoms with Crippen LogP contribution in [0.5, 0.6) is 17.2 Å². The van der Waals surface area contributed by atoms with E-state index in [1.165, 1.54) is 19.8 Å². The average molecular weight is 506 g/mol. The van der Waals surface area contributed by atoms with Gasteiger partial charge in [-0.3, -0.25) is 4.99 Å². The molecule has 2 aromatic carbocycles. The minimum atomic E-state index is 0.128. The second kappa shape index (κ2) is 11.2. The van der Waals surface area contributed by atoms with Crippen molar-refractivity contribution in [1.29, 1.82) is 0 Å². The maximum absolute atomic E-state index is 6.47. The lowest BCUT2D eigenvalue weighted by molar-refractivity contribution is 0.217. The molecule has 9 heteroatoms. The largest absolute Gasteiger partial charge is 0.495 e. The number of hydrogen-bond acceptors (Lipinski definition) is 7. The van der Waals surface area contributed by atoms with Crippen molar-refractivity contribution < 1.29 is 18.9 Å². The highest BCUT2D eigenvalue weighted by atomic mass is 35.5. The highest BCUT2D eigenvalue weighted by molar-refractivity contribution is 6.37. The third-order valence-electron chi connectivity index (χ3n) is 6.11. The van der Waals surface area contributed by atoms with Crippen molar-refractivity contribution in [3.63, 3.8) is 0 Å². The number of rotatable bonds is 8. The topological polar surface area (TPSA) is 64.6 Å². The molecular weight excluding hydrogens is 477 g/mol. The molecule has 0 aliphatic carbocycles. The minimum Gasteiger partial charge on any atom is -0.495 e. The molecule has 7 nitrogen and oxygen atoms in total. The first-order valence-corrected chi connectivity index (χ1v) is 11.9. The average Bonchev–Trinajstić information content (AvgIpc) is 2.89. The molecule has 0 radical (unpaired) electrons. The Hall–Kier alpha value is -2.61. The lowest BCUT2D eigenvalue weighted by atomic mass is 9.90. The molecule has 1 fully saturated rings. The van der Waals surface area contributed by atoms with Crippen LogP contribution in [0.15, 0.2) is 41.2 Å². The van der Waals surface area contributed by atoms with Crippen LogP contribution in [0.3, 0.4) is 0 Å². The molecular formula is C25H29Cl2N3O4. The molecule has 0 bridgehead atoms. The van der Waals surface area contributed by atoms with Gasteiger partial charge in [0.05, 0.1) is 43.3 Å². The molecule has 0 spiro atoms. The monoisotopic (exact) mass is 505 g/mol. The van der Waals surface area contributed by atoms with E-state index in [0.29, 0.717) is 45.5 Å². The first-order chi connectivity index (χ1) is 16.5. The van der Waals surface area contributed by atoms with Gasteiger partial charge in [0.15, 0.2) is 5.76 Å². The van der Waals surface area contributed by atoms with Crippen LogP contribution in [0.4, 0.5) is 5.69 Å². The lowest BCUT2D eigenvalue weighted by Crippen LogP contribution is -2.26. The van der Waals surface area contributed by atoms with Gasteiger partial charge in [0.2, 0.25) is 0 Å². The summed E-state index contributed by atoms with van der Waals surface area (Å²) in [6.07, 6.45) is 5.85. The second-order valence-corrected chi connectivity index (χ2v) is 8.84. The van der Waals surface area contributed by atoms with Crippen LogP contribution in [-0.2, 0) is 11.3 Å². The van der Waals surface area contributed by atoms with E-state index in [-0.39, 0.29) is 6.61 Å². The number of aliphatic imine (C=N–C) groups is 1. The van der Waals surface area contributed by atoms with E-state index < -0.39 is 0 Å². The zero-order valence-corrected chi connectivity index (χ0v) is 21.1. The Balaban J connectivity index is 1.53. The fourth-order valence-corrected chi connectivity index (χ4v) is 4.84. The summed E-state index contributed by atoms with van der Waals surface area (Å²) in [6.45, 7) is 2.69. The molecule has 2 heterocycles. The SMILES string of the molecule is COc1cc(C2CCNCC2)ccc1N1C=C(OCc2c(Cl)c(OC)cc(OC)c2Cl)C=NC1. The van der Waals surface area contributed by atoms with E-state index in [4.69, 9.17) is 42.1 Å². The molecule has 0 amide bonds. The second-order valence-electron chi connectivity index (χ2n) is 8.09. The van der Waals surface area contributed by atoms with Gasteiger partial charge in [0.25, 0.3) is 0 Å². The molecule has 4 rings (SSSR count). The van der Waals surface area contributed by atoms with Gasteiger partial charge in [-0.1, -0.05) is 29.3 Å². The molecule has 2 aliphatic heterocycles. The van der Waals surface area contributed by atoms with Crippen LogP contribution >= 0.6 is 23.2 Å². The number of piperidine rings is 1. The Bertz CT molecular complexity index is 1060. The third kappa shape index (κ3) is 5.22. The number of ether oxygens (including phenoxy) is 4. The number of methoxy groups -OCH3 is 3. The van der Waals surface area contributed by atoms with Gasteiger partial charge in [-0.2, -0.15) is 0 Å². The van der Waals surface area contributed by atoms with Gasteiger partial charge in [-0.15, -0.1) is 0 Å². The predicted octanol–water partition coefficient (Wildman–Crippen LogP) is 5.39. The van der Waals surface area contributed by atoms with Gasteiger partial charge in [0, 0.05) is 17.8 Å². The molecule has 1 saturated heterocycles. The lowest BCUT2D eigenvalue weighted by Gasteiger charge is -2.27. The van der Waals surface area contributed by atoms with Gasteiger partial charge in [-0.05, 0) is 49.5 Å². The van der Waals surface area contributed by atoms with Gasteiger partial charge < -0.3 is 29.2 Å². The number of allylic oxidation sites excluding steroid dienone is 1. The van der Waals surface area contributed by atoms with Crippen molar-refractivity contribution in [2.45, 2.75) is 25.4 Å². The summed E-state index contributed by atoms with van der Waals surface area (Å²) in [5.74, 6) is 2.87. The van der Waals surface area contributed by atoms with Crippen molar-refractivity contribution in [3.05, 3.63) is 57.4 Å². The van der Waals surface area contributed by atoms with Crippen LogP contribution < -0.4 is 24.4 Å². The van der Waals surface area contributed by atoms with E-state index in [1.54, 1.807) is 19.4 Å². The van der Waals surface area contributed by atoms with Crippen LogP contribution in [0.1, 0.15) is 29.9 Å². The number of nitrogens with one attached hydrogen (secondary N) is 1. The van der Waals surface area contributed by atoms with Crippen molar-refractivity contribution in [2.75, 3.05) is 46.0 Å². The Morgan fingerprint density at radius 1 is 0.971 bits per heavy atom. The molecule has 34 heavy (non-hydrogen) atoms. The van der Waals surface area contributed by atoms with Crippen LogP contribution in [-0.4, -0.2) is 47.3 Å². The van der Waals surface area contributed by atoms with E-state index in [0.717, 1.165) is 37.4 Å². The fourth-order valence-electron chi connectivity index (χ4n) is 4.23. The Kier molecular flexibility index (Phi) is 8.08. The van der Waals surface area contributed by atoms with Gasteiger partial charge >= 0.3 is 0 Å². The van der Waals surface area contributed by atoms with E-state index >= 15 is 0 Å². The number of anilines is 1. The van der Waals surface area contributed by atoms with Crippen LogP contribution in [0.2, 0.25) is 10.0 Å². The summed E-state index contributed by atoms with van der Waals surface area (Å²) >= 11 is 12.9. The predicted molar refractivity (Wildman–Crippen MR) is 136 cm³/mol. The summed E-state index contributed by atoms with van der Waals surface area (Å²) < 4.78 is 22.4. The fraction of sp³-hybridized carbons (Fsp3) is 0.400. The van der Waals surface area contributed by atoms with Gasteiger partial charge in [-0.25, -0.2) is 0 Å². The number of halogens is 2. The first-order valence-electron chi connectivity index (χ1n) is 11.1. The maximum Gasteiger partial charge on any atom is 0.153 e. The Morgan fingerprint density at radius 3 is 2.29 bits per heavy atom.